The number of alkyl halides is 3. The molecule has 0 aliphatic carbocycles. The first-order chi connectivity index (χ1) is 15.2. The minimum absolute atomic E-state index is 0.00499. The molecule has 3 aromatic rings. The molecule has 10 nitrogen and oxygen atoms in total. The van der Waals surface area contributed by atoms with E-state index in [1.54, 1.807) is 0 Å². The number of benzene rings is 1. The maximum absolute atomic E-state index is 13.2. The average molecular weight is 447 g/mol. The van der Waals surface area contributed by atoms with Crippen LogP contribution in [-0.4, -0.2) is 44.9 Å². The summed E-state index contributed by atoms with van der Waals surface area (Å²) < 4.78 is 45.3. The van der Waals surface area contributed by atoms with Gasteiger partial charge < -0.3 is 26.3 Å². The SMILES string of the molecule is NC[C@@H](C=O)Nc1cc(C(N)=O)nc(Oc2ccc(C(F)(F)F)cc2-c2ccnnc2)n1. The molecular formula is C19H16F3N7O3. The first-order valence-corrected chi connectivity index (χ1v) is 8.98. The van der Waals surface area contributed by atoms with Gasteiger partial charge in [-0.3, -0.25) is 4.79 Å². The van der Waals surface area contributed by atoms with E-state index in [0.717, 1.165) is 18.2 Å². The largest absolute Gasteiger partial charge is 0.424 e. The van der Waals surface area contributed by atoms with E-state index in [2.05, 4.69) is 25.5 Å². The zero-order chi connectivity index (χ0) is 23.3. The number of hydrogen-bond acceptors (Lipinski definition) is 9. The fourth-order valence-electron chi connectivity index (χ4n) is 2.58. The molecule has 1 atom stereocenters. The van der Waals surface area contributed by atoms with Crippen molar-refractivity contribution < 1.29 is 27.5 Å². The lowest BCUT2D eigenvalue weighted by atomic mass is 10.0. The summed E-state index contributed by atoms with van der Waals surface area (Å²) in [6.45, 7) is -0.0618. The van der Waals surface area contributed by atoms with E-state index in [4.69, 9.17) is 16.2 Å². The Hall–Kier alpha value is -4.13. The van der Waals surface area contributed by atoms with Gasteiger partial charge in [-0.1, -0.05) is 0 Å². The Balaban J connectivity index is 2.06. The number of nitrogens with two attached hydrogens (primary N) is 2. The molecule has 0 aliphatic heterocycles. The molecular weight excluding hydrogens is 431 g/mol. The maximum atomic E-state index is 13.2. The van der Waals surface area contributed by atoms with Crippen molar-refractivity contribution in [1.29, 1.82) is 0 Å². The molecule has 2 aromatic heterocycles. The molecule has 1 aromatic carbocycles. The molecule has 0 saturated carbocycles. The first kappa shape index (κ1) is 22.6. The van der Waals surface area contributed by atoms with E-state index >= 15 is 0 Å². The Labute approximate surface area is 178 Å². The smallest absolute Gasteiger partial charge is 0.416 e. The van der Waals surface area contributed by atoms with Crippen LogP contribution in [0.5, 0.6) is 11.8 Å². The van der Waals surface area contributed by atoms with E-state index in [9.17, 15) is 22.8 Å². The highest BCUT2D eigenvalue weighted by Gasteiger charge is 2.31. The lowest BCUT2D eigenvalue weighted by molar-refractivity contribution is -0.137. The minimum Gasteiger partial charge on any atom is -0.424 e. The third kappa shape index (κ3) is 5.31. The number of carbonyl (C=O) groups is 2. The summed E-state index contributed by atoms with van der Waals surface area (Å²) in [6.07, 6.45) is -1.50. The number of nitrogens with one attached hydrogen (secondary N) is 1. The van der Waals surface area contributed by atoms with Gasteiger partial charge in [0.1, 0.15) is 23.5 Å². The first-order valence-electron chi connectivity index (χ1n) is 8.98. The van der Waals surface area contributed by atoms with Gasteiger partial charge in [0.15, 0.2) is 0 Å². The Morgan fingerprint density at radius 1 is 1.19 bits per heavy atom. The van der Waals surface area contributed by atoms with E-state index in [-0.39, 0.29) is 34.9 Å². The lowest BCUT2D eigenvalue weighted by Gasteiger charge is -2.15. The van der Waals surface area contributed by atoms with Crippen molar-refractivity contribution in [2.75, 3.05) is 11.9 Å². The summed E-state index contributed by atoms with van der Waals surface area (Å²) in [7, 11) is 0. The number of amides is 1. The average Bonchev–Trinajstić information content (AvgIpc) is 2.77. The summed E-state index contributed by atoms with van der Waals surface area (Å²) in [5.74, 6) is -0.962. The van der Waals surface area contributed by atoms with Gasteiger partial charge >= 0.3 is 12.2 Å². The quantitative estimate of drug-likeness (QED) is 0.438. The van der Waals surface area contributed by atoms with Crippen molar-refractivity contribution in [1.82, 2.24) is 20.2 Å². The summed E-state index contributed by atoms with van der Waals surface area (Å²) in [6, 6.07) is 4.19. The van der Waals surface area contributed by atoms with Gasteiger partial charge in [0.25, 0.3) is 5.91 Å². The molecule has 13 heteroatoms. The molecule has 0 radical (unpaired) electrons. The van der Waals surface area contributed by atoms with Crippen LogP contribution < -0.4 is 21.5 Å². The minimum atomic E-state index is -4.60. The van der Waals surface area contributed by atoms with Crippen LogP contribution in [0.3, 0.4) is 0 Å². The molecule has 0 aliphatic rings. The van der Waals surface area contributed by atoms with Crippen LogP contribution in [0.1, 0.15) is 16.1 Å². The molecule has 0 fully saturated rings. The van der Waals surface area contributed by atoms with Gasteiger partial charge in [-0.25, -0.2) is 0 Å². The normalized spacial score (nSPS) is 12.1. The van der Waals surface area contributed by atoms with Crippen molar-refractivity contribution in [3.63, 3.8) is 0 Å². The number of anilines is 1. The number of aromatic nitrogens is 4. The predicted octanol–water partition coefficient (Wildman–Crippen LogP) is 1.78. The zero-order valence-corrected chi connectivity index (χ0v) is 16.2. The molecule has 166 valence electrons. The molecule has 0 bridgehead atoms. The van der Waals surface area contributed by atoms with Crippen LogP contribution in [0.15, 0.2) is 42.7 Å². The Morgan fingerprint density at radius 3 is 2.56 bits per heavy atom. The van der Waals surface area contributed by atoms with E-state index < -0.39 is 29.7 Å². The number of carbonyl (C=O) groups excluding carboxylic acids is 2. The van der Waals surface area contributed by atoms with Gasteiger partial charge in [0.2, 0.25) is 0 Å². The third-order valence-electron chi connectivity index (χ3n) is 4.11. The number of halogens is 3. The summed E-state index contributed by atoms with van der Waals surface area (Å²) in [4.78, 5) is 30.6. The number of ether oxygens (including phenoxy) is 1. The Morgan fingerprint density at radius 2 is 1.97 bits per heavy atom. The molecule has 32 heavy (non-hydrogen) atoms. The Bertz CT molecular complexity index is 1130. The van der Waals surface area contributed by atoms with Crippen LogP contribution in [0.25, 0.3) is 11.1 Å². The summed E-state index contributed by atoms with van der Waals surface area (Å²) in [5.41, 5.74) is 9.90. The van der Waals surface area contributed by atoms with Crippen LogP contribution in [-0.2, 0) is 11.0 Å². The molecule has 3 rings (SSSR count). The van der Waals surface area contributed by atoms with Crippen molar-refractivity contribution in [2.45, 2.75) is 12.2 Å². The standard InChI is InChI=1S/C19H16F3N7O3/c20-19(21,22)11-1-2-15(13(5-11)10-3-4-25-26-8-10)32-18-28-14(17(24)31)6-16(29-18)27-12(7-23)9-30/h1-6,8-9,12H,7,23H2,(H2,24,31)(H,27,28,29)/t12-/m0/s1. The van der Waals surface area contributed by atoms with Crippen molar-refractivity contribution >= 4 is 18.0 Å². The highest BCUT2D eigenvalue weighted by molar-refractivity contribution is 5.91. The molecule has 0 saturated heterocycles. The fourth-order valence-corrected chi connectivity index (χ4v) is 2.58. The Kier molecular flexibility index (Phi) is 6.59. The van der Waals surface area contributed by atoms with Gasteiger partial charge in [-0.15, -0.1) is 0 Å². The fraction of sp³-hybridized carbons (Fsp3) is 0.158. The predicted molar refractivity (Wildman–Crippen MR) is 106 cm³/mol. The number of hydrogen-bond donors (Lipinski definition) is 3. The molecule has 2 heterocycles. The van der Waals surface area contributed by atoms with Gasteiger partial charge in [0, 0.05) is 23.7 Å². The van der Waals surface area contributed by atoms with Crippen molar-refractivity contribution in [3.05, 3.63) is 54.0 Å². The second kappa shape index (κ2) is 9.34. The van der Waals surface area contributed by atoms with Crippen molar-refractivity contribution in [2.24, 2.45) is 11.5 Å². The second-order valence-electron chi connectivity index (χ2n) is 6.35. The molecule has 0 spiro atoms. The van der Waals surface area contributed by atoms with E-state index in [0.29, 0.717) is 6.29 Å². The number of nitrogens with zero attached hydrogens (tertiary/aromatic N) is 4. The molecule has 0 unspecified atom stereocenters. The molecule has 1 amide bonds. The van der Waals surface area contributed by atoms with Crippen LogP contribution in [0.2, 0.25) is 0 Å². The van der Waals surface area contributed by atoms with Crippen LogP contribution >= 0.6 is 0 Å². The number of rotatable bonds is 8. The monoisotopic (exact) mass is 447 g/mol. The highest BCUT2D eigenvalue weighted by Crippen LogP contribution is 2.38. The second-order valence-corrected chi connectivity index (χ2v) is 6.35. The van der Waals surface area contributed by atoms with Crippen LogP contribution in [0, 0.1) is 0 Å². The van der Waals surface area contributed by atoms with Gasteiger partial charge in [-0.2, -0.15) is 33.3 Å². The third-order valence-corrected chi connectivity index (χ3v) is 4.11. The van der Waals surface area contributed by atoms with Gasteiger partial charge in [-0.05, 0) is 24.3 Å². The summed E-state index contributed by atoms with van der Waals surface area (Å²) >= 11 is 0. The maximum Gasteiger partial charge on any atom is 0.416 e. The highest BCUT2D eigenvalue weighted by atomic mass is 19.4. The number of primary amides is 1. The molecule has 5 N–H and O–H groups in total. The summed E-state index contributed by atoms with van der Waals surface area (Å²) in [5, 5.41) is 9.95. The van der Waals surface area contributed by atoms with Crippen molar-refractivity contribution in [3.8, 4) is 22.9 Å². The van der Waals surface area contributed by atoms with Crippen LogP contribution in [0.4, 0.5) is 19.0 Å². The topological polar surface area (TPSA) is 159 Å². The van der Waals surface area contributed by atoms with E-state index in [1.807, 2.05) is 0 Å². The number of aldehydes is 1. The van der Waals surface area contributed by atoms with Gasteiger partial charge in [0.05, 0.1) is 24.0 Å². The lowest BCUT2D eigenvalue weighted by Crippen LogP contribution is -2.30. The van der Waals surface area contributed by atoms with E-state index in [1.165, 1.54) is 24.5 Å². The zero-order valence-electron chi connectivity index (χ0n) is 16.2.